The van der Waals surface area contributed by atoms with Gasteiger partial charge in [-0.25, -0.2) is 14.5 Å². The van der Waals surface area contributed by atoms with E-state index in [9.17, 15) is 9.59 Å². The van der Waals surface area contributed by atoms with Crippen LogP contribution in [0.5, 0.6) is 0 Å². The maximum Gasteiger partial charge on any atom is 0.343 e. The van der Waals surface area contributed by atoms with Gasteiger partial charge in [-0.1, -0.05) is 42.5 Å². The first-order chi connectivity index (χ1) is 17.5. The largest absolute Gasteiger partial charge is 0.462 e. The molecule has 9 nitrogen and oxygen atoms in total. The number of aryl methyl sites for hydroxylation is 2. The van der Waals surface area contributed by atoms with Crippen LogP contribution in [-0.4, -0.2) is 44.8 Å². The van der Waals surface area contributed by atoms with E-state index in [-0.39, 0.29) is 23.9 Å². The molecule has 0 bridgehead atoms. The summed E-state index contributed by atoms with van der Waals surface area (Å²) in [4.78, 5) is 34.5. The molecule has 4 aromatic rings. The molecule has 0 atom stereocenters. The molecule has 0 spiro atoms. The minimum Gasteiger partial charge on any atom is -0.462 e. The van der Waals surface area contributed by atoms with Gasteiger partial charge in [0.2, 0.25) is 0 Å². The molecular weight excluding hydrogens is 456 g/mol. The van der Waals surface area contributed by atoms with Gasteiger partial charge in [0.1, 0.15) is 5.56 Å². The summed E-state index contributed by atoms with van der Waals surface area (Å²) in [5.41, 5.74) is 3.88. The topological polar surface area (TPSA) is 111 Å². The minimum absolute atomic E-state index is 0.154. The van der Waals surface area contributed by atoms with Crippen molar-refractivity contribution in [2.75, 3.05) is 18.5 Å². The van der Waals surface area contributed by atoms with Crippen LogP contribution in [0.2, 0.25) is 0 Å². The molecule has 2 aromatic heterocycles. The van der Waals surface area contributed by atoms with E-state index in [0.29, 0.717) is 30.2 Å². The number of benzene rings is 2. The van der Waals surface area contributed by atoms with E-state index in [1.807, 2.05) is 50.2 Å². The van der Waals surface area contributed by atoms with Gasteiger partial charge in [0, 0.05) is 18.4 Å². The third-order valence-corrected chi connectivity index (χ3v) is 5.44. The molecule has 2 N–H and O–H groups in total. The number of para-hydroxylation sites is 1. The van der Waals surface area contributed by atoms with Gasteiger partial charge in [-0.3, -0.25) is 4.79 Å². The van der Waals surface area contributed by atoms with Crippen LogP contribution in [0, 0.1) is 13.8 Å². The molecule has 0 radical (unpaired) electrons. The molecule has 1 amide bonds. The molecule has 0 aliphatic carbocycles. The lowest BCUT2D eigenvalue weighted by molar-refractivity contribution is 0.0526. The number of carbonyl (C=O) groups is 2. The van der Waals surface area contributed by atoms with Crippen LogP contribution in [0.4, 0.5) is 11.5 Å². The smallest absolute Gasteiger partial charge is 0.343 e. The second kappa shape index (κ2) is 11.3. The number of hydrogen-bond acceptors (Lipinski definition) is 7. The van der Waals surface area contributed by atoms with Gasteiger partial charge in [-0.05, 0) is 51.0 Å². The Bertz CT molecular complexity index is 1370. The molecule has 0 saturated heterocycles. The summed E-state index contributed by atoms with van der Waals surface area (Å²) in [6.07, 6.45) is 2.12. The molecule has 184 valence electrons. The number of ether oxygens (including phenoxy) is 1. The fourth-order valence-corrected chi connectivity index (χ4v) is 3.74. The van der Waals surface area contributed by atoms with E-state index in [1.54, 1.807) is 35.9 Å². The number of carbonyl (C=O) groups excluding carboxylic acids is 2. The lowest BCUT2D eigenvalue weighted by atomic mass is 10.1. The SMILES string of the molecule is CCOC(=O)c1cnc(-n2nc(C)cc2C)nc1Nc1ccccc1C(=O)NCCc1ccccc1. The number of aromatic nitrogens is 4. The van der Waals surface area contributed by atoms with Crippen molar-refractivity contribution in [2.24, 2.45) is 0 Å². The maximum atomic E-state index is 13.0. The molecule has 0 fully saturated rings. The Hall–Kier alpha value is -4.53. The molecule has 9 heteroatoms. The first-order valence-corrected chi connectivity index (χ1v) is 11.7. The van der Waals surface area contributed by atoms with Crippen LogP contribution in [0.15, 0.2) is 66.9 Å². The lowest BCUT2D eigenvalue weighted by Gasteiger charge is -2.15. The molecule has 0 aliphatic rings. The number of esters is 1. The highest BCUT2D eigenvalue weighted by molar-refractivity contribution is 6.01. The average Bonchev–Trinajstić information content (AvgIpc) is 3.22. The summed E-state index contributed by atoms with van der Waals surface area (Å²) in [6.45, 7) is 6.19. The van der Waals surface area contributed by atoms with Crippen molar-refractivity contribution in [3.8, 4) is 5.95 Å². The van der Waals surface area contributed by atoms with E-state index >= 15 is 0 Å². The standard InChI is InChI=1S/C27H28N6O3/c1-4-36-26(35)22-17-29-27(33-19(3)16-18(2)32-33)31-24(22)30-23-13-9-8-12-21(23)25(34)28-15-14-20-10-6-5-7-11-20/h5-13,16-17H,4,14-15H2,1-3H3,(H,28,34)(H,29,30,31). The Morgan fingerprint density at radius 2 is 1.75 bits per heavy atom. The quantitative estimate of drug-likeness (QED) is 0.343. The fraction of sp³-hybridized carbons (Fsp3) is 0.222. The number of rotatable bonds is 9. The van der Waals surface area contributed by atoms with Gasteiger partial charge in [-0.2, -0.15) is 10.1 Å². The average molecular weight is 485 g/mol. The van der Waals surface area contributed by atoms with Crippen molar-refractivity contribution in [1.29, 1.82) is 0 Å². The van der Waals surface area contributed by atoms with Crippen molar-refractivity contribution in [1.82, 2.24) is 25.1 Å². The van der Waals surface area contributed by atoms with Gasteiger partial charge in [-0.15, -0.1) is 0 Å². The van der Waals surface area contributed by atoms with E-state index in [4.69, 9.17) is 4.74 Å². The molecular formula is C27H28N6O3. The van der Waals surface area contributed by atoms with Crippen molar-refractivity contribution in [3.05, 3.63) is 94.9 Å². The van der Waals surface area contributed by atoms with Gasteiger partial charge in [0.15, 0.2) is 5.82 Å². The number of hydrogen-bond donors (Lipinski definition) is 2. The highest BCUT2D eigenvalue weighted by atomic mass is 16.5. The Morgan fingerprint density at radius 1 is 1.00 bits per heavy atom. The Balaban J connectivity index is 1.61. The van der Waals surface area contributed by atoms with Crippen LogP contribution < -0.4 is 10.6 Å². The summed E-state index contributed by atoms with van der Waals surface area (Å²) in [5, 5.41) is 10.5. The Labute approximate surface area is 209 Å². The molecule has 0 aliphatic heterocycles. The van der Waals surface area contributed by atoms with E-state index < -0.39 is 5.97 Å². The second-order valence-corrected chi connectivity index (χ2v) is 8.15. The summed E-state index contributed by atoms with van der Waals surface area (Å²) in [7, 11) is 0. The van der Waals surface area contributed by atoms with E-state index in [0.717, 1.165) is 17.0 Å². The normalized spacial score (nSPS) is 10.6. The third-order valence-electron chi connectivity index (χ3n) is 5.44. The Morgan fingerprint density at radius 3 is 2.47 bits per heavy atom. The maximum absolute atomic E-state index is 13.0. The van der Waals surface area contributed by atoms with Gasteiger partial charge >= 0.3 is 5.97 Å². The van der Waals surface area contributed by atoms with Crippen LogP contribution >= 0.6 is 0 Å². The van der Waals surface area contributed by atoms with Crippen LogP contribution in [0.3, 0.4) is 0 Å². The number of nitrogens with zero attached hydrogens (tertiary/aromatic N) is 4. The fourth-order valence-electron chi connectivity index (χ4n) is 3.74. The van der Waals surface area contributed by atoms with Crippen molar-refractivity contribution < 1.29 is 14.3 Å². The summed E-state index contributed by atoms with van der Waals surface area (Å²) < 4.78 is 6.79. The zero-order chi connectivity index (χ0) is 25.5. The predicted octanol–water partition coefficient (Wildman–Crippen LogP) is 4.17. The molecule has 36 heavy (non-hydrogen) atoms. The highest BCUT2D eigenvalue weighted by Gasteiger charge is 2.20. The highest BCUT2D eigenvalue weighted by Crippen LogP contribution is 2.24. The summed E-state index contributed by atoms with van der Waals surface area (Å²) in [6, 6.07) is 18.9. The molecule has 0 saturated carbocycles. The number of amides is 1. The molecule has 2 aromatic carbocycles. The summed E-state index contributed by atoms with van der Waals surface area (Å²) >= 11 is 0. The zero-order valence-corrected chi connectivity index (χ0v) is 20.5. The van der Waals surface area contributed by atoms with Crippen LogP contribution in [0.1, 0.15) is 44.6 Å². The molecule has 0 unspecified atom stereocenters. The van der Waals surface area contributed by atoms with Gasteiger partial charge in [0.05, 0.1) is 23.6 Å². The summed E-state index contributed by atoms with van der Waals surface area (Å²) in [5.74, 6) is -0.291. The van der Waals surface area contributed by atoms with Crippen molar-refractivity contribution in [2.45, 2.75) is 27.2 Å². The van der Waals surface area contributed by atoms with Crippen LogP contribution in [-0.2, 0) is 11.2 Å². The zero-order valence-electron chi connectivity index (χ0n) is 20.5. The first-order valence-electron chi connectivity index (χ1n) is 11.7. The second-order valence-electron chi connectivity index (χ2n) is 8.15. The molecule has 2 heterocycles. The van der Waals surface area contributed by atoms with E-state index in [2.05, 4.69) is 25.7 Å². The first kappa shape index (κ1) is 24.6. The lowest BCUT2D eigenvalue weighted by Crippen LogP contribution is -2.26. The third kappa shape index (κ3) is 5.75. The minimum atomic E-state index is -0.565. The van der Waals surface area contributed by atoms with Gasteiger partial charge in [0.25, 0.3) is 11.9 Å². The van der Waals surface area contributed by atoms with Crippen molar-refractivity contribution in [3.63, 3.8) is 0 Å². The van der Waals surface area contributed by atoms with E-state index in [1.165, 1.54) is 6.20 Å². The number of anilines is 2. The van der Waals surface area contributed by atoms with Crippen molar-refractivity contribution >= 4 is 23.4 Å². The van der Waals surface area contributed by atoms with Crippen LogP contribution in [0.25, 0.3) is 5.95 Å². The Kier molecular flexibility index (Phi) is 7.69. The predicted molar refractivity (Wildman–Crippen MR) is 137 cm³/mol. The van der Waals surface area contributed by atoms with Gasteiger partial charge < -0.3 is 15.4 Å². The monoisotopic (exact) mass is 484 g/mol. The molecule has 4 rings (SSSR count). The number of nitrogens with one attached hydrogen (secondary N) is 2.